The molecule has 1 aromatic heterocycles. The maximum atomic E-state index is 12.9. The number of nitrogens with zero attached hydrogens (tertiary/aromatic N) is 4. The summed E-state index contributed by atoms with van der Waals surface area (Å²) in [5.74, 6) is 0.679. The zero-order chi connectivity index (χ0) is 18.5. The molecule has 0 aliphatic carbocycles. The minimum atomic E-state index is 0.241. The first-order chi connectivity index (χ1) is 13.3. The first-order valence-corrected chi connectivity index (χ1v) is 10.9. The fourth-order valence-electron chi connectivity index (χ4n) is 5.10. The molecule has 148 valence electrons. The molecule has 0 radical (unpaired) electrons. The van der Waals surface area contributed by atoms with Crippen LogP contribution in [0, 0.1) is 5.92 Å². The fourth-order valence-corrected chi connectivity index (χ4v) is 5.10. The fraction of sp³-hybridized carbons (Fsp3) is 0.727. The molecule has 0 N–H and O–H groups in total. The van der Waals surface area contributed by atoms with Crippen molar-refractivity contribution in [3.63, 3.8) is 0 Å². The molecular weight excluding hydrogens is 336 g/mol. The summed E-state index contributed by atoms with van der Waals surface area (Å²) in [7, 11) is 0. The highest BCUT2D eigenvalue weighted by Crippen LogP contribution is 2.26. The molecular formula is C22H34N4O. The number of likely N-dealkylation sites (tertiary alicyclic amines) is 3. The number of hydrogen-bond donors (Lipinski definition) is 0. The van der Waals surface area contributed by atoms with E-state index in [0.29, 0.717) is 11.9 Å². The van der Waals surface area contributed by atoms with Gasteiger partial charge < -0.3 is 4.90 Å². The number of hydrogen-bond acceptors (Lipinski definition) is 4. The smallest absolute Gasteiger partial charge is 0.226 e. The lowest BCUT2D eigenvalue weighted by Crippen LogP contribution is -2.51. The van der Waals surface area contributed by atoms with Gasteiger partial charge in [-0.1, -0.05) is 6.07 Å². The summed E-state index contributed by atoms with van der Waals surface area (Å²) in [6, 6.07) is 4.85. The highest BCUT2D eigenvalue weighted by molar-refractivity contribution is 5.79. The highest BCUT2D eigenvalue weighted by Gasteiger charge is 2.33. The molecule has 1 aromatic rings. The van der Waals surface area contributed by atoms with E-state index in [0.717, 1.165) is 45.7 Å². The lowest BCUT2D eigenvalue weighted by molar-refractivity contribution is -0.138. The third kappa shape index (κ3) is 4.88. The maximum Gasteiger partial charge on any atom is 0.226 e. The molecule has 3 aliphatic heterocycles. The molecule has 3 aliphatic rings. The Morgan fingerprint density at radius 2 is 1.81 bits per heavy atom. The maximum absolute atomic E-state index is 12.9. The van der Waals surface area contributed by atoms with Gasteiger partial charge in [0.05, 0.1) is 5.92 Å². The highest BCUT2D eigenvalue weighted by atomic mass is 16.2. The first-order valence-electron chi connectivity index (χ1n) is 10.9. The van der Waals surface area contributed by atoms with Crippen molar-refractivity contribution in [1.29, 1.82) is 0 Å². The Hall–Kier alpha value is -1.46. The summed E-state index contributed by atoms with van der Waals surface area (Å²) in [4.78, 5) is 24.5. The van der Waals surface area contributed by atoms with Crippen molar-refractivity contribution in [1.82, 2.24) is 19.7 Å². The molecule has 0 saturated carbocycles. The van der Waals surface area contributed by atoms with Crippen LogP contribution < -0.4 is 0 Å². The van der Waals surface area contributed by atoms with Crippen LogP contribution in [0.15, 0.2) is 24.5 Å². The minimum Gasteiger partial charge on any atom is -0.342 e. The topological polar surface area (TPSA) is 39.7 Å². The van der Waals surface area contributed by atoms with E-state index in [1.165, 1.54) is 50.6 Å². The summed E-state index contributed by atoms with van der Waals surface area (Å²) in [6.07, 6.45) is 12.2. The number of rotatable bonds is 4. The normalized spacial score (nSPS) is 26.2. The van der Waals surface area contributed by atoms with Gasteiger partial charge in [0.25, 0.3) is 0 Å². The van der Waals surface area contributed by atoms with Gasteiger partial charge in [-0.05, 0) is 76.2 Å². The molecule has 1 unspecified atom stereocenters. The van der Waals surface area contributed by atoms with Gasteiger partial charge in [0.15, 0.2) is 0 Å². The van der Waals surface area contributed by atoms with Gasteiger partial charge in [-0.2, -0.15) is 0 Å². The van der Waals surface area contributed by atoms with Crippen molar-refractivity contribution in [2.75, 3.05) is 39.3 Å². The minimum absolute atomic E-state index is 0.241. The van der Waals surface area contributed by atoms with Crippen LogP contribution in [0.25, 0.3) is 0 Å². The van der Waals surface area contributed by atoms with E-state index in [1.54, 1.807) is 0 Å². The third-order valence-electron chi connectivity index (χ3n) is 6.67. The molecule has 0 bridgehead atoms. The predicted molar refractivity (Wildman–Crippen MR) is 107 cm³/mol. The molecule has 5 heteroatoms. The van der Waals surface area contributed by atoms with Gasteiger partial charge in [0.2, 0.25) is 5.91 Å². The second kappa shape index (κ2) is 9.16. The summed E-state index contributed by atoms with van der Waals surface area (Å²) in [5, 5.41) is 0. The van der Waals surface area contributed by atoms with E-state index >= 15 is 0 Å². The van der Waals surface area contributed by atoms with Gasteiger partial charge in [0.1, 0.15) is 0 Å². The molecule has 3 saturated heterocycles. The summed E-state index contributed by atoms with van der Waals surface area (Å²) < 4.78 is 0. The number of carbonyl (C=O) groups is 1. The second-order valence-electron chi connectivity index (χ2n) is 8.59. The number of carbonyl (C=O) groups excluding carboxylic acids is 1. The van der Waals surface area contributed by atoms with Crippen molar-refractivity contribution in [2.24, 2.45) is 5.92 Å². The molecule has 3 fully saturated rings. The predicted octanol–water partition coefficient (Wildman–Crippen LogP) is 2.77. The SMILES string of the molecule is O=C(C1CCCN(C2CCN(Cc3cccnc3)CC2)C1)N1CCCCC1. The Morgan fingerprint density at radius 3 is 2.56 bits per heavy atom. The van der Waals surface area contributed by atoms with Crippen molar-refractivity contribution in [2.45, 2.75) is 57.5 Å². The lowest BCUT2D eigenvalue weighted by Gasteiger charge is -2.43. The average molecular weight is 371 g/mol. The molecule has 0 aromatic carbocycles. The van der Waals surface area contributed by atoms with Gasteiger partial charge in [-0.25, -0.2) is 0 Å². The van der Waals surface area contributed by atoms with E-state index in [9.17, 15) is 4.79 Å². The molecule has 1 amide bonds. The van der Waals surface area contributed by atoms with E-state index < -0.39 is 0 Å². The van der Waals surface area contributed by atoms with Crippen LogP contribution in [0.4, 0.5) is 0 Å². The van der Waals surface area contributed by atoms with Crippen LogP contribution in [-0.4, -0.2) is 70.9 Å². The Morgan fingerprint density at radius 1 is 1.00 bits per heavy atom. The second-order valence-corrected chi connectivity index (χ2v) is 8.59. The molecule has 5 nitrogen and oxygen atoms in total. The number of piperidine rings is 3. The van der Waals surface area contributed by atoms with E-state index in [-0.39, 0.29) is 5.92 Å². The summed E-state index contributed by atoms with van der Waals surface area (Å²) in [6.45, 7) is 7.46. The Labute approximate surface area is 163 Å². The number of amides is 1. The molecule has 1 atom stereocenters. The van der Waals surface area contributed by atoms with Gasteiger partial charge in [-0.3, -0.25) is 19.6 Å². The molecule has 0 spiro atoms. The van der Waals surface area contributed by atoms with Gasteiger partial charge in [0, 0.05) is 44.6 Å². The van der Waals surface area contributed by atoms with Crippen LogP contribution in [0.5, 0.6) is 0 Å². The van der Waals surface area contributed by atoms with Crippen LogP contribution in [0.3, 0.4) is 0 Å². The van der Waals surface area contributed by atoms with Gasteiger partial charge >= 0.3 is 0 Å². The Kier molecular flexibility index (Phi) is 6.40. The van der Waals surface area contributed by atoms with Crippen molar-refractivity contribution < 1.29 is 4.79 Å². The molecule has 4 rings (SSSR count). The van der Waals surface area contributed by atoms with Crippen LogP contribution in [0.1, 0.15) is 50.5 Å². The van der Waals surface area contributed by atoms with Crippen LogP contribution in [-0.2, 0) is 11.3 Å². The molecule has 4 heterocycles. The lowest BCUT2D eigenvalue weighted by atomic mass is 9.92. The van der Waals surface area contributed by atoms with Gasteiger partial charge in [-0.15, -0.1) is 0 Å². The summed E-state index contributed by atoms with van der Waals surface area (Å²) in [5.41, 5.74) is 1.31. The van der Waals surface area contributed by atoms with Crippen molar-refractivity contribution in [3.05, 3.63) is 30.1 Å². The van der Waals surface area contributed by atoms with E-state index in [1.807, 2.05) is 18.5 Å². The zero-order valence-electron chi connectivity index (χ0n) is 16.6. The Bertz CT molecular complexity index is 594. The monoisotopic (exact) mass is 370 g/mol. The van der Waals surface area contributed by atoms with Crippen molar-refractivity contribution in [3.8, 4) is 0 Å². The average Bonchev–Trinajstić information content (AvgIpc) is 2.75. The Balaban J connectivity index is 1.26. The van der Waals surface area contributed by atoms with Crippen LogP contribution in [0.2, 0.25) is 0 Å². The molecule has 27 heavy (non-hydrogen) atoms. The number of aromatic nitrogens is 1. The zero-order valence-corrected chi connectivity index (χ0v) is 16.6. The third-order valence-corrected chi connectivity index (χ3v) is 6.67. The number of pyridine rings is 1. The standard InChI is InChI=1S/C22H34N4O/c27-22(25-11-2-1-3-12-25)20-7-5-13-26(18-20)21-8-14-24(15-9-21)17-19-6-4-10-23-16-19/h4,6,10,16,20-21H,1-3,5,7-9,11-15,17-18H2. The van der Waals surface area contributed by atoms with E-state index in [4.69, 9.17) is 0 Å². The van der Waals surface area contributed by atoms with Crippen LogP contribution >= 0.6 is 0 Å². The quantitative estimate of drug-likeness (QED) is 0.817. The van der Waals surface area contributed by atoms with E-state index in [2.05, 4.69) is 25.8 Å². The van der Waals surface area contributed by atoms with Crippen molar-refractivity contribution >= 4 is 5.91 Å². The first kappa shape index (κ1) is 18.9. The summed E-state index contributed by atoms with van der Waals surface area (Å²) >= 11 is 0. The largest absolute Gasteiger partial charge is 0.342 e.